The Hall–Kier alpha value is -3.91. The normalized spacial score (nSPS) is 15.1. The minimum atomic E-state index is -0.375. The maximum Gasteiger partial charge on any atom is 0.410 e. The molecule has 42 heavy (non-hydrogen) atoms. The summed E-state index contributed by atoms with van der Waals surface area (Å²) in [6.45, 7) is 11.3. The molecule has 0 bridgehead atoms. The molecule has 5 rings (SSSR count). The summed E-state index contributed by atoms with van der Waals surface area (Å²) in [6.07, 6.45) is 9.57. The molecule has 0 radical (unpaired) electrons. The quantitative estimate of drug-likeness (QED) is 0.257. The van der Waals surface area contributed by atoms with E-state index in [1.165, 1.54) is 6.20 Å². The largest absolute Gasteiger partial charge is 0.444 e. The Bertz CT molecular complexity index is 1320. The van der Waals surface area contributed by atoms with E-state index in [9.17, 15) is 9.59 Å². The van der Waals surface area contributed by atoms with Gasteiger partial charge in [0.15, 0.2) is 0 Å². The van der Waals surface area contributed by atoms with Gasteiger partial charge < -0.3 is 20.3 Å². The molecule has 9 heteroatoms. The number of aromatic nitrogens is 2. The van der Waals surface area contributed by atoms with Gasteiger partial charge in [-0.15, -0.1) is 0 Å². The summed E-state index contributed by atoms with van der Waals surface area (Å²) in [7, 11) is 0. The molecule has 0 atom stereocenters. The van der Waals surface area contributed by atoms with Crippen LogP contribution in [0, 0.1) is 5.92 Å². The summed E-state index contributed by atoms with van der Waals surface area (Å²) in [5.74, 6) is 0.961. The average Bonchev–Trinajstić information content (AvgIpc) is 2.99. The number of benzene rings is 2. The molecule has 1 fully saturated rings. The first-order valence-corrected chi connectivity index (χ1v) is 14.7. The van der Waals surface area contributed by atoms with E-state index in [1.54, 1.807) is 4.90 Å². The Kier molecular flexibility index (Phi) is 12.4. The van der Waals surface area contributed by atoms with Crippen LogP contribution in [0.15, 0.2) is 72.9 Å². The van der Waals surface area contributed by atoms with Crippen molar-refractivity contribution in [3.8, 4) is 22.4 Å². The number of likely N-dealkylation sites (tertiary alicyclic amines) is 1. The second-order valence-electron chi connectivity index (χ2n) is 11.4. The molecular formula is C33H42ClN5O3. The van der Waals surface area contributed by atoms with Crippen LogP contribution in [-0.2, 0) is 9.53 Å². The first-order valence-electron chi connectivity index (χ1n) is 14.3. The van der Waals surface area contributed by atoms with Crippen LogP contribution in [0.1, 0.15) is 47.0 Å². The lowest BCUT2D eigenvalue weighted by Crippen LogP contribution is -2.41. The van der Waals surface area contributed by atoms with E-state index in [1.807, 2.05) is 68.1 Å². The minimum Gasteiger partial charge on any atom is -0.444 e. The molecule has 1 aromatic heterocycles. The van der Waals surface area contributed by atoms with Gasteiger partial charge in [-0.25, -0.2) is 14.8 Å². The van der Waals surface area contributed by atoms with Crippen molar-refractivity contribution in [2.24, 2.45) is 5.92 Å². The van der Waals surface area contributed by atoms with E-state index >= 15 is 0 Å². The summed E-state index contributed by atoms with van der Waals surface area (Å²) in [5.41, 5.74) is 9.08. The molecule has 1 saturated heterocycles. The molecule has 3 aromatic rings. The maximum atomic E-state index is 11.6. The van der Waals surface area contributed by atoms with Gasteiger partial charge in [0.2, 0.25) is 12.4 Å². The van der Waals surface area contributed by atoms with Crippen LogP contribution in [-0.4, -0.2) is 64.1 Å². The number of nitrogens with two attached hydrogens (primary N) is 1. The predicted molar refractivity (Wildman–Crippen MR) is 170 cm³/mol. The number of carbonyl (C=O) groups is 2. The van der Waals surface area contributed by atoms with E-state index in [0.717, 1.165) is 74.5 Å². The molecule has 2 N–H and O–H groups in total. The first kappa shape index (κ1) is 32.6. The van der Waals surface area contributed by atoms with E-state index in [2.05, 4.69) is 41.2 Å². The number of halogens is 1. The van der Waals surface area contributed by atoms with Gasteiger partial charge in [-0.3, -0.25) is 4.79 Å². The van der Waals surface area contributed by atoms with E-state index in [-0.39, 0.29) is 17.6 Å². The van der Waals surface area contributed by atoms with Crippen molar-refractivity contribution in [2.45, 2.75) is 52.6 Å². The summed E-state index contributed by atoms with van der Waals surface area (Å²) in [5, 5.41) is 0.490. The Morgan fingerprint density at radius 3 is 2.26 bits per heavy atom. The zero-order valence-corrected chi connectivity index (χ0v) is 25.8. The third-order valence-corrected chi connectivity index (χ3v) is 6.96. The second-order valence-corrected chi connectivity index (χ2v) is 11.8. The van der Waals surface area contributed by atoms with Crippen LogP contribution in [0.2, 0.25) is 5.02 Å². The van der Waals surface area contributed by atoms with Crippen molar-refractivity contribution in [1.29, 1.82) is 0 Å². The average molecular weight is 592 g/mol. The monoisotopic (exact) mass is 591 g/mol. The summed E-state index contributed by atoms with van der Waals surface area (Å²) < 4.78 is 5.30. The number of carbonyl (C=O) groups excluding carboxylic acids is 2. The highest BCUT2D eigenvalue weighted by molar-refractivity contribution is 6.32. The van der Waals surface area contributed by atoms with Crippen LogP contribution < -0.4 is 5.73 Å². The smallest absolute Gasteiger partial charge is 0.410 e. The molecule has 0 spiro atoms. The molecule has 0 aliphatic carbocycles. The summed E-state index contributed by atoms with van der Waals surface area (Å²) in [4.78, 5) is 33.3. The molecule has 224 valence electrons. The number of hydrogen-bond donors (Lipinski definition) is 1. The molecule has 8 nitrogen and oxygen atoms in total. The number of nitrogens with zero attached hydrogens (tertiary/aromatic N) is 4. The summed E-state index contributed by atoms with van der Waals surface area (Å²) >= 11 is 6.15. The van der Waals surface area contributed by atoms with Crippen molar-refractivity contribution in [3.05, 3.63) is 78.0 Å². The van der Waals surface area contributed by atoms with Crippen molar-refractivity contribution in [3.63, 3.8) is 0 Å². The lowest BCUT2D eigenvalue weighted by molar-refractivity contribution is -0.117. The van der Waals surface area contributed by atoms with Crippen molar-refractivity contribution < 1.29 is 14.3 Å². The van der Waals surface area contributed by atoms with Crippen molar-refractivity contribution >= 4 is 30.1 Å². The molecule has 2 amide bonds. The van der Waals surface area contributed by atoms with Gasteiger partial charge in [0.25, 0.3) is 0 Å². The number of nitrogen functional groups attached to an aromatic ring is 1. The molecule has 2 aliphatic heterocycles. The van der Waals surface area contributed by atoms with Gasteiger partial charge >= 0.3 is 6.09 Å². The van der Waals surface area contributed by atoms with Crippen LogP contribution in [0.4, 0.5) is 10.7 Å². The number of hydrogen-bond acceptors (Lipinski definition) is 6. The maximum absolute atomic E-state index is 11.6. The summed E-state index contributed by atoms with van der Waals surface area (Å²) in [6, 6.07) is 18.2. The highest BCUT2D eigenvalue weighted by Gasteiger charge is 2.25. The zero-order valence-electron chi connectivity index (χ0n) is 25.0. The fraction of sp³-hybridized carbons (Fsp3) is 0.394. The van der Waals surface area contributed by atoms with Crippen LogP contribution >= 0.6 is 11.6 Å². The van der Waals surface area contributed by atoms with E-state index in [4.69, 9.17) is 22.1 Å². The SMILES string of the molecule is CC1CCN(C(=O)OC(C)(C)C)CC1.Nc1ncc(Cl)c(-c2cccc(-c3ccccc3)c2)n1.O=CN1CC=CCC1. The lowest BCUT2D eigenvalue weighted by Gasteiger charge is -2.32. The standard InChI is InChI=1S/C16H12ClN3.C11H21NO2.C6H9NO/c17-14-10-19-16(18)20-15(14)13-8-4-7-12(9-13)11-5-2-1-3-6-11;1-9-5-7-12(8-6-9)10(13)14-11(2,3)4;8-6-7-4-2-1-3-5-7/h1-10H,(H2,18,19,20);9H,5-8H2,1-4H3;1-2,6H,3-5H2. The third-order valence-electron chi connectivity index (χ3n) is 6.68. The highest BCUT2D eigenvalue weighted by Crippen LogP contribution is 2.29. The third kappa shape index (κ3) is 10.8. The van der Waals surface area contributed by atoms with Gasteiger partial charge in [-0.2, -0.15) is 0 Å². The van der Waals surface area contributed by atoms with Gasteiger partial charge in [-0.05, 0) is 63.1 Å². The Morgan fingerprint density at radius 1 is 1.00 bits per heavy atom. The second kappa shape index (κ2) is 15.9. The fourth-order valence-corrected chi connectivity index (χ4v) is 4.53. The number of piperidine rings is 1. The van der Waals surface area contributed by atoms with Gasteiger partial charge in [0, 0.05) is 31.7 Å². The number of rotatable bonds is 3. The van der Waals surface area contributed by atoms with E-state index in [0.29, 0.717) is 10.7 Å². The van der Waals surface area contributed by atoms with Gasteiger partial charge in [0.1, 0.15) is 5.60 Å². The predicted octanol–water partition coefficient (Wildman–Crippen LogP) is 7.10. The lowest BCUT2D eigenvalue weighted by atomic mass is 10.00. The Labute approximate surface area is 254 Å². The zero-order chi connectivity index (χ0) is 30.5. The van der Waals surface area contributed by atoms with Gasteiger partial charge in [0.05, 0.1) is 16.9 Å². The fourth-order valence-electron chi connectivity index (χ4n) is 4.33. The Balaban J connectivity index is 0.000000191. The van der Waals surface area contributed by atoms with Crippen molar-refractivity contribution in [1.82, 2.24) is 19.8 Å². The number of ether oxygens (including phenoxy) is 1. The molecule has 2 aliphatic rings. The first-order chi connectivity index (χ1) is 20.1. The number of amides is 2. The van der Waals surface area contributed by atoms with Gasteiger partial charge in [-0.1, -0.05) is 79.2 Å². The van der Waals surface area contributed by atoms with Crippen LogP contribution in [0.25, 0.3) is 22.4 Å². The number of anilines is 1. The van der Waals surface area contributed by atoms with Crippen molar-refractivity contribution in [2.75, 3.05) is 31.9 Å². The minimum absolute atomic E-state index is 0.163. The molecule has 2 aromatic carbocycles. The molecule has 3 heterocycles. The Morgan fingerprint density at radius 2 is 1.67 bits per heavy atom. The van der Waals surface area contributed by atoms with E-state index < -0.39 is 0 Å². The van der Waals surface area contributed by atoms with Crippen LogP contribution in [0.3, 0.4) is 0 Å². The molecule has 0 saturated carbocycles. The topological polar surface area (TPSA) is 102 Å². The van der Waals surface area contributed by atoms with Crippen LogP contribution in [0.5, 0.6) is 0 Å². The highest BCUT2D eigenvalue weighted by atomic mass is 35.5. The molecular weight excluding hydrogens is 550 g/mol. The molecule has 0 unspecified atom stereocenters.